The molecule has 1 unspecified atom stereocenters. The average molecular weight is 291 g/mol. The van der Waals surface area contributed by atoms with Crippen LogP contribution in [0.3, 0.4) is 0 Å². The van der Waals surface area contributed by atoms with Gasteiger partial charge in [-0.3, -0.25) is 0 Å². The molecule has 2 aromatic rings. The SMILES string of the molecule is N#Cc1c(F)cccc1OCC(O)COCc1ccco1. The molecule has 1 aromatic carbocycles. The number of aliphatic hydroxyl groups excluding tert-OH is 1. The third-order valence-corrected chi connectivity index (χ3v) is 2.65. The largest absolute Gasteiger partial charge is 0.489 e. The van der Waals surface area contributed by atoms with Crippen LogP contribution in [0.15, 0.2) is 41.0 Å². The van der Waals surface area contributed by atoms with E-state index in [-0.39, 0.29) is 31.1 Å². The molecule has 0 radical (unpaired) electrons. The Kier molecular flexibility index (Phi) is 5.32. The summed E-state index contributed by atoms with van der Waals surface area (Å²) < 4.78 is 28.9. The van der Waals surface area contributed by atoms with Crippen molar-refractivity contribution in [3.05, 3.63) is 53.7 Å². The van der Waals surface area contributed by atoms with E-state index in [0.29, 0.717) is 5.76 Å². The van der Waals surface area contributed by atoms with E-state index in [4.69, 9.17) is 19.2 Å². The van der Waals surface area contributed by atoms with Gasteiger partial charge in [-0.05, 0) is 24.3 Å². The number of benzene rings is 1. The lowest BCUT2D eigenvalue weighted by Gasteiger charge is -2.13. The fourth-order valence-corrected chi connectivity index (χ4v) is 1.66. The van der Waals surface area contributed by atoms with E-state index in [1.54, 1.807) is 18.2 Å². The van der Waals surface area contributed by atoms with Crippen LogP contribution >= 0.6 is 0 Å². The van der Waals surface area contributed by atoms with Crippen molar-refractivity contribution in [2.24, 2.45) is 0 Å². The second-order valence-corrected chi connectivity index (χ2v) is 4.28. The van der Waals surface area contributed by atoms with Gasteiger partial charge in [0.1, 0.15) is 48.3 Å². The summed E-state index contributed by atoms with van der Waals surface area (Å²) in [5, 5.41) is 18.6. The Morgan fingerprint density at radius 2 is 2.14 bits per heavy atom. The van der Waals surface area contributed by atoms with Gasteiger partial charge in [0.15, 0.2) is 0 Å². The van der Waals surface area contributed by atoms with E-state index in [2.05, 4.69) is 0 Å². The molecule has 0 aliphatic carbocycles. The number of rotatable bonds is 7. The minimum atomic E-state index is -0.894. The van der Waals surface area contributed by atoms with Crippen molar-refractivity contribution >= 4 is 0 Å². The highest BCUT2D eigenvalue weighted by molar-refractivity contribution is 5.43. The van der Waals surface area contributed by atoms with Gasteiger partial charge in [-0.2, -0.15) is 5.26 Å². The zero-order valence-electron chi connectivity index (χ0n) is 11.2. The third kappa shape index (κ3) is 4.31. The van der Waals surface area contributed by atoms with Crippen LogP contribution in [0.25, 0.3) is 0 Å². The number of furan rings is 1. The highest BCUT2D eigenvalue weighted by Gasteiger charge is 2.11. The van der Waals surface area contributed by atoms with Gasteiger partial charge in [-0.15, -0.1) is 0 Å². The fraction of sp³-hybridized carbons (Fsp3) is 0.267. The monoisotopic (exact) mass is 291 g/mol. The average Bonchev–Trinajstić information content (AvgIpc) is 2.98. The van der Waals surface area contributed by atoms with Crippen LogP contribution in [0.5, 0.6) is 5.75 Å². The quantitative estimate of drug-likeness (QED) is 0.846. The molecule has 0 amide bonds. The van der Waals surface area contributed by atoms with E-state index in [1.165, 1.54) is 24.5 Å². The first-order valence-corrected chi connectivity index (χ1v) is 6.30. The van der Waals surface area contributed by atoms with E-state index >= 15 is 0 Å². The Bertz CT molecular complexity index is 607. The topological polar surface area (TPSA) is 75.6 Å². The summed E-state index contributed by atoms with van der Waals surface area (Å²) in [6, 6.07) is 9.31. The second-order valence-electron chi connectivity index (χ2n) is 4.28. The van der Waals surface area contributed by atoms with Gasteiger partial charge in [-0.1, -0.05) is 6.07 Å². The van der Waals surface area contributed by atoms with Crippen molar-refractivity contribution in [2.75, 3.05) is 13.2 Å². The zero-order valence-corrected chi connectivity index (χ0v) is 11.2. The number of nitrogens with zero attached hydrogens (tertiary/aromatic N) is 1. The van der Waals surface area contributed by atoms with Crippen LogP contribution < -0.4 is 4.74 Å². The summed E-state index contributed by atoms with van der Waals surface area (Å²) in [6.45, 7) is 0.182. The van der Waals surface area contributed by atoms with Crippen molar-refractivity contribution in [2.45, 2.75) is 12.7 Å². The molecular weight excluding hydrogens is 277 g/mol. The van der Waals surface area contributed by atoms with Crippen molar-refractivity contribution < 1.29 is 23.4 Å². The summed E-state index contributed by atoms with van der Waals surface area (Å²) in [5.74, 6) is 0.0983. The first kappa shape index (κ1) is 15.0. The number of halogens is 1. The Labute approximate surface area is 121 Å². The fourth-order valence-electron chi connectivity index (χ4n) is 1.66. The second kappa shape index (κ2) is 7.43. The first-order valence-electron chi connectivity index (χ1n) is 6.30. The third-order valence-electron chi connectivity index (χ3n) is 2.65. The number of aliphatic hydroxyl groups is 1. The number of hydrogen-bond donors (Lipinski definition) is 1. The van der Waals surface area contributed by atoms with E-state index in [1.807, 2.05) is 0 Å². The van der Waals surface area contributed by atoms with Crippen LogP contribution in [-0.4, -0.2) is 24.4 Å². The number of nitriles is 1. The molecule has 0 fully saturated rings. The molecule has 1 aromatic heterocycles. The molecular formula is C15H14FNO4. The smallest absolute Gasteiger partial charge is 0.144 e. The van der Waals surface area contributed by atoms with Crippen LogP contribution in [0.2, 0.25) is 0 Å². The summed E-state index contributed by atoms with van der Waals surface area (Å²) >= 11 is 0. The highest BCUT2D eigenvalue weighted by atomic mass is 19.1. The van der Waals surface area contributed by atoms with Crippen molar-refractivity contribution in [3.63, 3.8) is 0 Å². The van der Waals surface area contributed by atoms with Crippen LogP contribution in [0.1, 0.15) is 11.3 Å². The van der Waals surface area contributed by atoms with Crippen LogP contribution in [0.4, 0.5) is 4.39 Å². The zero-order chi connectivity index (χ0) is 15.1. The van der Waals surface area contributed by atoms with Gasteiger partial charge < -0.3 is 19.0 Å². The van der Waals surface area contributed by atoms with Gasteiger partial charge in [-0.25, -0.2) is 4.39 Å². The summed E-state index contributed by atoms with van der Waals surface area (Å²) in [4.78, 5) is 0. The lowest BCUT2D eigenvalue weighted by molar-refractivity contribution is 0.000785. The molecule has 0 saturated heterocycles. The normalized spacial score (nSPS) is 11.9. The molecule has 0 spiro atoms. The standard InChI is InChI=1S/C15H14FNO4/c16-14-4-1-5-15(13(14)7-17)21-9-11(18)8-19-10-12-3-2-6-20-12/h1-6,11,18H,8-10H2. The molecule has 110 valence electrons. The summed E-state index contributed by atoms with van der Waals surface area (Å²) in [6.07, 6.45) is 0.640. The Balaban J connectivity index is 1.77. The minimum Gasteiger partial charge on any atom is -0.489 e. The Hall–Kier alpha value is -2.36. The van der Waals surface area contributed by atoms with Crippen molar-refractivity contribution in [3.8, 4) is 11.8 Å². The molecule has 0 aliphatic rings. The van der Waals surface area contributed by atoms with Crippen LogP contribution in [-0.2, 0) is 11.3 Å². The van der Waals surface area contributed by atoms with Gasteiger partial charge in [0.25, 0.3) is 0 Å². The molecule has 2 rings (SSSR count). The molecule has 0 aliphatic heterocycles. The number of hydrogen-bond acceptors (Lipinski definition) is 5. The minimum absolute atomic E-state index is 0.0396. The predicted molar refractivity (Wildman–Crippen MR) is 71.0 cm³/mol. The maximum Gasteiger partial charge on any atom is 0.144 e. The number of ether oxygens (including phenoxy) is 2. The lowest BCUT2D eigenvalue weighted by atomic mass is 10.2. The molecule has 1 atom stereocenters. The van der Waals surface area contributed by atoms with E-state index in [9.17, 15) is 9.50 Å². The Morgan fingerprint density at radius 3 is 2.86 bits per heavy atom. The Morgan fingerprint density at radius 1 is 1.29 bits per heavy atom. The maximum absolute atomic E-state index is 13.3. The predicted octanol–water partition coefficient (Wildman–Crippen LogP) is 2.25. The summed E-state index contributed by atoms with van der Waals surface area (Å²) in [5.41, 5.74) is -0.179. The molecule has 5 nitrogen and oxygen atoms in total. The van der Waals surface area contributed by atoms with Gasteiger partial charge in [0.05, 0.1) is 12.9 Å². The molecule has 1 N–H and O–H groups in total. The first-order chi connectivity index (χ1) is 10.2. The van der Waals surface area contributed by atoms with Gasteiger partial charge >= 0.3 is 0 Å². The van der Waals surface area contributed by atoms with Gasteiger partial charge in [0, 0.05) is 0 Å². The molecule has 0 saturated carbocycles. The lowest BCUT2D eigenvalue weighted by Crippen LogP contribution is -2.23. The maximum atomic E-state index is 13.3. The van der Waals surface area contributed by atoms with E-state index in [0.717, 1.165) is 0 Å². The van der Waals surface area contributed by atoms with Gasteiger partial charge in [0.2, 0.25) is 0 Å². The van der Waals surface area contributed by atoms with E-state index < -0.39 is 11.9 Å². The molecule has 0 bridgehead atoms. The van der Waals surface area contributed by atoms with Crippen molar-refractivity contribution in [1.29, 1.82) is 5.26 Å². The summed E-state index contributed by atoms with van der Waals surface area (Å²) in [7, 11) is 0. The highest BCUT2D eigenvalue weighted by Crippen LogP contribution is 2.20. The molecule has 6 heteroatoms. The molecule has 21 heavy (non-hydrogen) atoms. The van der Waals surface area contributed by atoms with Crippen molar-refractivity contribution in [1.82, 2.24) is 0 Å². The van der Waals surface area contributed by atoms with Crippen LogP contribution in [0, 0.1) is 17.1 Å². The molecule has 1 heterocycles.